The number of likely N-dealkylation sites (tertiary alicyclic amines) is 1. The molecule has 102 valence electrons. The van der Waals surface area contributed by atoms with E-state index in [4.69, 9.17) is 0 Å². The number of halogens is 2. The van der Waals surface area contributed by atoms with Crippen LogP contribution in [0, 0.1) is 5.92 Å². The van der Waals surface area contributed by atoms with Crippen molar-refractivity contribution >= 4 is 5.78 Å². The standard InChI is InChI=1S/C15H17F2NO/c16-15(17)6-8-18(10-15)7-5-12-9-11-3-1-2-4-13(11)14(12)19/h1-4,12H,5-10H2. The lowest BCUT2D eigenvalue weighted by Crippen LogP contribution is -2.28. The minimum absolute atomic E-state index is 0.0216. The first kappa shape index (κ1) is 12.7. The zero-order valence-corrected chi connectivity index (χ0v) is 10.7. The van der Waals surface area contributed by atoms with E-state index in [0.717, 1.165) is 17.5 Å². The van der Waals surface area contributed by atoms with Crippen LogP contribution in [0.15, 0.2) is 24.3 Å². The molecule has 2 nitrogen and oxygen atoms in total. The molecule has 0 saturated carbocycles. The molecule has 4 heteroatoms. The van der Waals surface area contributed by atoms with E-state index in [2.05, 4.69) is 0 Å². The Morgan fingerprint density at radius 2 is 2.11 bits per heavy atom. The second-order valence-corrected chi connectivity index (χ2v) is 5.59. The van der Waals surface area contributed by atoms with E-state index < -0.39 is 5.92 Å². The van der Waals surface area contributed by atoms with E-state index in [9.17, 15) is 13.6 Å². The first-order valence-electron chi connectivity index (χ1n) is 6.77. The van der Waals surface area contributed by atoms with Gasteiger partial charge in [-0.15, -0.1) is 0 Å². The quantitative estimate of drug-likeness (QED) is 0.837. The van der Waals surface area contributed by atoms with Crippen LogP contribution in [0.1, 0.15) is 28.8 Å². The second-order valence-electron chi connectivity index (χ2n) is 5.59. The molecule has 1 unspecified atom stereocenters. The summed E-state index contributed by atoms with van der Waals surface area (Å²) in [6, 6.07) is 7.66. The number of hydrogen-bond acceptors (Lipinski definition) is 2. The molecule has 0 spiro atoms. The summed E-state index contributed by atoms with van der Waals surface area (Å²) in [5.74, 6) is -2.38. The zero-order valence-electron chi connectivity index (χ0n) is 10.7. The third-order valence-electron chi connectivity index (χ3n) is 4.16. The molecule has 2 aliphatic rings. The molecule has 1 aromatic rings. The van der Waals surface area contributed by atoms with Crippen molar-refractivity contribution in [3.63, 3.8) is 0 Å². The van der Waals surface area contributed by atoms with Gasteiger partial charge in [-0.25, -0.2) is 8.78 Å². The predicted octanol–water partition coefficient (Wildman–Crippen LogP) is 2.77. The number of hydrogen-bond donors (Lipinski definition) is 0. The summed E-state index contributed by atoms with van der Waals surface area (Å²) in [5, 5.41) is 0. The fourth-order valence-electron chi connectivity index (χ4n) is 3.09. The topological polar surface area (TPSA) is 20.3 Å². The first-order valence-corrected chi connectivity index (χ1v) is 6.77. The van der Waals surface area contributed by atoms with E-state index in [0.29, 0.717) is 19.5 Å². The maximum Gasteiger partial charge on any atom is 0.261 e. The summed E-state index contributed by atoms with van der Waals surface area (Å²) >= 11 is 0. The van der Waals surface area contributed by atoms with Gasteiger partial charge in [-0.05, 0) is 24.9 Å². The molecule has 0 radical (unpaired) electrons. The summed E-state index contributed by atoms with van der Waals surface area (Å²) in [5.41, 5.74) is 1.92. The molecule has 0 bridgehead atoms. The third kappa shape index (κ3) is 2.54. The predicted molar refractivity (Wildman–Crippen MR) is 68.6 cm³/mol. The van der Waals surface area contributed by atoms with Gasteiger partial charge < -0.3 is 0 Å². The molecule has 1 atom stereocenters. The highest BCUT2D eigenvalue weighted by Gasteiger charge is 2.38. The second kappa shape index (κ2) is 4.67. The van der Waals surface area contributed by atoms with Crippen molar-refractivity contribution in [2.45, 2.75) is 25.2 Å². The fraction of sp³-hybridized carbons (Fsp3) is 0.533. The van der Waals surface area contributed by atoms with Crippen LogP contribution in [0.25, 0.3) is 0 Å². The lowest BCUT2D eigenvalue weighted by molar-refractivity contribution is 0.0119. The highest BCUT2D eigenvalue weighted by atomic mass is 19.3. The van der Waals surface area contributed by atoms with Gasteiger partial charge in [0.1, 0.15) is 0 Å². The fourth-order valence-corrected chi connectivity index (χ4v) is 3.09. The Morgan fingerprint density at radius 1 is 1.32 bits per heavy atom. The Bertz CT molecular complexity index is 501. The molecule has 19 heavy (non-hydrogen) atoms. The number of nitrogens with zero attached hydrogens (tertiary/aromatic N) is 1. The van der Waals surface area contributed by atoms with Crippen molar-refractivity contribution in [1.29, 1.82) is 0 Å². The monoisotopic (exact) mass is 265 g/mol. The summed E-state index contributed by atoms with van der Waals surface area (Å²) in [6.07, 6.45) is 1.40. The minimum Gasteiger partial charge on any atom is -0.297 e. The van der Waals surface area contributed by atoms with Crippen molar-refractivity contribution in [3.05, 3.63) is 35.4 Å². The van der Waals surface area contributed by atoms with Gasteiger partial charge in [0.05, 0.1) is 6.54 Å². The molecule has 1 fully saturated rings. The molecular weight excluding hydrogens is 248 g/mol. The molecule has 3 rings (SSSR count). The third-order valence-corrected chi connectivity index (χ3v) is 4.16. The van der Waals surface area contributed by atoms with Crippen LogP contribution in [0.2, 0.25) is 0 Å². The van der Waals surface area contributed by atoms with E-state index in [1.165, 1.54) is 0 Å². The van der Waals surface area contributed by atoms with Crippen molar-refractivity contribution in [3.8, 4) is 0 Å². The van der Waals surface area contributed by atoms with E-state index in [1.54, 1.807) is 4.90 Å². The van der Waals surface area contributed by atoms with E-state index in [1.807, 2.05) is 24.3 Å². The number of ketones is 1. The molecule has 0 amide bonds. The Labute approximate surface area is 111 Å². The van der Waals surface area contributed by atoms with Crippen LogP contribution in [-0.4, -0.2) is 36.2 Å². The normalized spacial score (nSPS) is 25.8. The summed E-state index contributed by atoms with van der Waals surface area (Å²) in [7, 11) is 0. The van der Waals surface area contributed by atoms with Crippen LogP contribution >= 0.6 is 0 Å². The summed E-state index contributed by atoms with van der Waals surface area (Å²) in [6.45, 7) is 0.891. The molecule has 1 saturated heterocycles. The molecule has 1 aliphatic heterocycles. The van der Waals surface area contributed by atoms with Crippen LogP contribution < -0.4 is 0 Å². The Balaban J connectivity index is 1.57. The number of carbonyl (C=O) groups excluding carboxylic acids is 1. The smallest absolute Gasteiger partial charge is 0.261 e. The summed E-state index contributed by atoms with van der Waals surface area (Å²) in [4.78, 5) is 13.9. The van der Waals surface area contributed by atoms with E-state index >= 15 is 0 Å². The molecule has 1 heterocycles. The van der Waals surface area contributed by atoms with E-state index in [-0.39, 0.29) is 24.7 Å². The highest BCUT2D eigenvalue weighted by Crippen LogP contribution is 2.31. The lowest BCUT2D eigenvalue weighted by Gasteiger charge is -2.17. The van der Waals surface area contributed by atoms with Crippen LogP contribution in [0.3, 0.4) is 0 Å². The molecule has 1 aliphatic carbocycles. The van der Waals surface area contributed by atoms with Crippen molar-refractivity contribution in [2.75, 3.05) is 19.6 Å². The van der Waals surface area contributed by atoms with Gasteiger partial charge in [-0.1, -0.05) is 24.3 Å². The largest absolute Gasteiger partial charge is 0.297 e. The molecular formula is C15H17F2NO. The molecule has 1 aromatic carbocycles. The van der Waals surface area contributed by atoms with Gasteiger partial charge in [-0.3, -0.25) is 9.69 Å². The van der Waals surface area contributed by atoms with Crippen LogP contribution in [-0.2, 0) is 6.42 Å². The maximum atomic E-state index is 13.1. The maximum absolute atomic E-state index is 13.1. The van der Waals surface area contributed by atoms with Crippen LogP contribution in [0.4, 0.5) is 8.78 Å². The average molecular weight is 265 g/mol. The SMILES string of the molecule is O=C1c2ccccc2CC1CCN1CCC(F)(F)C1. The number of alkyl halides is 2. The lowest BCUT2D eigenvalue weighted by atomic mass is 10.0. The average Bonchev–Trinajstić information content (AvgIpc) is 2.88. The summed E-state index contributed by atoms with van der Waals surface area (Å²) < 4.78 is 26.2. The molecule has 0 aromatic heterocycles. The van der Waals surface area contributed by atoms with Crippen molar-refractivity contribution < 1.29 is 13.6 Å². The first-order chi connectivity index (χ1) is 9.05. The van der Waals surface area contributed by atoms with Crippen molar-refractivity contribution in [2.24, 2.45) is 5.92 Å². The number of carbonyl (C=O) groups is 1. The molecule has 0 N–H and O–H groups in total. The number of benzene rings is 1. The minimum atomic E-state index is -2.54. The highest BCUT2D eigenvalue weighted by molar-refractivity contribution is 6.02. The van der Waals surface area contributed by atoms with Gasteiger partial charge in [-0.2, -0.15) is 0 Å². The Hall–Kier alpha value is -1.29. The van der Waals surface area contributed by atoms with Crippen LogP contribution in [0.5, 0.6) is 0 Å². The van der Waals surface area contributed by atoms with Gasteiger partial charge in [0.25, 0.3) is 5.92 Å². The van der Waals surface area contributed by atoms with Gasteiger partial charge in [0.15, 0.2) is 5.78 Å². The number of rotatable bonds is 3. The van der Waals surface area contributed by atoms with Crippen molar-refractivity contribution in [1.82, 2.24) is 4.90 Å². The Morgan fingerprint density at radius 3 is 2.79 bits per heavy atom. The zero-order chi connectivity index (χ0) is 13.5. The van der Waals surface area contributed by atoms with Gasteiger partial charge in [0.2, 0.25) is 0 Å². The number of fused-ring (bicyclic) bond motifs is 1. The van der Waals surface area contributed by atoms with Gasteiger partial charge >= 0.3 is 0 Å². The number of Topliss-reactive ketones (excluding diaryl/α,β-unsaturated/α-hetero) is 1. The Kier molecular flexibility index (Phi) is 3.13. The van der Waals surface area contributed by atoms with Gasteiger partial charge in [0, 0.05) is 24.4 Å².